The fourth-order valence-corrected chi connectivity index (χ4v) is 3.07. The molecule has 0 unspecified atom stereocenters. The van der Waals surface area contributed by atoms with E-state index in [1.165, 1.54) is 10.5 Å². The third-order valence-corrected chi connectivity index (χ3v) is 4.44. The van der Waals surface area contributed by atoms with E-state index in [-0.39, 0.29) is 18.6 Å². The largest absolute Gasteiger partial charge is 0.482 e. The minimum atomic E-state index is -0.170. The number of likely N-dealkylation sites (N-methyl/N-ethyl adjacent to an activating group) is 1. The molecule has 0 aromatic heterocycles. The second-order valence-corrected chi connectivity index (χ2v) is 7.03. The van der Waals surface area contributed by atoms with Crippen molar-refractivity contribution < 1.29 is 14.4 Å². The predicted molar refractivity (Wildman–Crippen MR) is 99.7 cm³/mol. The van der Waals surface area contributed by atoms with Gasteiger partial charge < -0.3 is 15.0 Å². The first kappa shape index (κ1) is 18.8. The van der Waals surface area contributed by atoms with Gasteiger partial charge in [0.15, 0.2) is 6.61 Å². The van der Waals surface area contributed by atoms with Crippen molar-refractivity contribution >= 4 is 33.4 Å². The predicted octanol–water partition coefficient (Wildman–Crippen LogP) is 2.48. The Kier molecular flexibility index (Phi) is 7.09. The molecule has 1 amide bonds. The van der Waals surface area contributed by atoms with Crippen LogP contribution in [-0.2, 0) is 4.79 Å². The minimum absolute atomic E-state index is 0.0639. The first-order chi connectivity index (χ1) is 11.5. The molecule has 0 radical (unpaired) electrons. The third-order valence-electron chi connectivity index (χ3n) is 3.65. The Morgan fingerprint density at radius 1 is 1.25 bits per heavy atom. The molecule has 2 rings (SSSR count). The molecule has 0 heterocycles. The van der Waals surface area contributed by atoms with Gasteiger partial charge in [0.05, 0.1) is 25.7 Å². The SMILES string of the molecule is C[NH+](C)[C@H](CNC(=O)COc1ccc(Br)cc1Cl)c1ccccc1. The molecule has 128 valence electrons. The molecule has 0 saturated heterocycles. The summed E-state index contributed by atoms with van der Waals surface area (Å²) in [5.41, 5.74) is 1.19. The van der Waals surface area contributed by atoms with Crippen molar-refractivity contribution in [2.75, 3.05) is 27.2 Å². The topological polar surface area (TPSA) is 42.8 Å². The van der Waals surface area contributed by atoms with E-state index in [1.807, 2.05) is 24.3 Å². The normalized spacial score (nSPS) is 12.0. The summed E-state index contributed by atoms with van der Waals surface area (Å²) in [5.74, 6) is 0.323. The molecule has 24 heavy (non-hydrogen) atoms. The molecule has 6 heteroatoms. The first-order valence-corrected chi connectivity index (χ1v) is 8.84. The van der Waals surface area contributed by atoms with Gasteiger partial charge in [-0.25, -0.2) is 0 Å². The van der Waals surface area contributed by atoms with E-state index in [0.29, 0.717) is 17.3 Å². The van der Waals surface area contributed by atoms with E-state index < -0.39 is 0 Å². The van der Waals surface area contributed by atoms with Crippen molar-refractivity contribution in [1.29, 1.82) is 0 Å². The van der Waals surface area contributed by atoms with Crippen LogP contribution in [0.3, 0.4) is 0 Å². The van der Waals surface area contributed by atoms with E-state index in [4.69, 9.17) is 16.3 Å². The van der Waals surface area contributed by atoms with Gasteiger partial charge in [-0.1, -0.05) is 57.9 Å². The fourth-order valence-electron chi connectivity index (χ4n) is 2.34. The highest BCUT2D eigenvalue weighted by Crippen LogP contribution is 2.27. The van der Waals surface area contributed by atoms with Crippen LogP contribution in [0.4, 0.5) is 0 Å². The van der Waals surface area contributed by atoms with Crippen molar-refractivity contribution in [3.63, 3.8) is 0 Å². The van der Waals surface area contributed by atoms with Gasteiger partial charge in [-0.15, -0.1) is 0 Å². The van der Waals surface area contributed by atoms with Crippen LogP contribution in [0, 0.1) is 0 Å². The zero-order chi connectivity index (χ0) is 17.5. The molecule has 2 aromatic rings. The van der Waals surface area contributed by atoms with Crippen LogP contribution < -0.4 is 15.0 Å². The molecule has 2 N–H and O–H groups in total. The Labute approximate surface area is 155 Å². The maximum Gasteiger partial charge on any atom is 0.258 e. The number of benzene rings is 2. The molecule has 2 aromatic carbocycles. The summed E-state index contributed by atoms with van der Waals surface area (Å²) in [6, 6.07) is 15.6. The standard InChI is InChI=1S/C18H20BrClN2O2/c1-22(2)16(13-6-4-3-5-7-13)11-21-18(23)12-24-17-9-8-14(19)10-15(17)20/h3-10,16H,11-12H2,1-2H3,(H,21,23)/p+1/t16-/m1/s1. The van der Waals surface area contributed by atoms with Gasteiger partial charge in [-0.05, 0) is 18.2 Å². The van der Waals surface area contributed by atoms with E-state index >= 15 is 0 Å². The van der Waals surface area contributed by atoms with E-state index in [0.717, 1.165) is 4.47 Å². The van der Waals surface area contributed by atoms with Crippen LogP contribution in [0.25, 0.3) is 0 Å². The Morgan fingerprint density at radius 3 is 2.58 bits per heavy atom. The Morgan fingerprint density at radius 2 is 1.96 bits per heavy atom. The molecular weight excluding hydrogens is 392 g/mol. The number of hydrogen-bond donors (Lipinski definition) is 2. The molecule has 0 aliphatic heterocycles. The number of ether oxygens (including phenoxy) is 1. The van der Waals surface area contributed by atoms with Gasteiger partial charge in [-0.2, -0.15) is 0 Å². The summed E-state index contributed by atoms with van der Waals surface area (Å²) in [6.07, 6.45) is 0. The number of nitrogens with one attached hydrogen (secondary N) is 2. The number of halogens is 2. The number of hydrogen-bond acceptors (Lipinski definition) is 2. The van der Waals surface area contributed by atoms with E-state index in [9.17, 15) is 4.79 Å². The van der Waals surface area contributed by atoms with E-state index in [1.54, 1.807) is 12.1 Å². The van der Waals surface area contributed by atoms with Crippen molar-refractivity contribution in [3.05, 3.63) is 63.6 Å². The zero-order valence-electron chi connectivity index (χ0n) is 13.7. The summed E-state index contributed by atoms with van der Waals surface area (Å²) in [6.45, 7) is 0.480. The summed E-state index contributed by atoms with van der Waals surface area (Å²) in [4.78, 5) is 13.3. The zero-order valence-corrected chi connectivity index (χ0v) is 16.0. The molecule has 0 fully saturated rings. The first-order valence-electron chi connectivity index (χ1n) is 7.67. The van der Waals surface area contributed by atoms with Crippen LogP contribution in [0.15, 0.2) is 53.0 Å². The number of quaternary nitrogens is 1. The van der Waals surface area contributed by atoms with Crippen molar-refractivity contribution in [1.82, 2.24) is 5.32 Å². The lowest BCUT2D eigenvalue weighted by atomic mass is 10.1. The third kappa shape index (κ3) is 5.51. The smallest absolute Gasteiger partial charge is 0.258 e. The number of carbonyl (C=O) groups is 1. The Hall–Kier alpha value is -1.56. The molecule has 0 aliphatic carbocycles. The quantitative estimate of drug-likeness (QED) is 0.734. The maximum absolute atomic E-state index is 12.1. The minimum Gasteiger partial charge on any atom is -0.482 e. The summed E-state index contributed by atoms with van der Waals surface area (Å²) in [5, 5.41) is 3.40. The molecule has 0 bridgehead atoms. The lowest BCUT2D eigenvalue weighted by Crippen LogP contribution is -3.07. The highest BCUT2D eigenvalue weighted by atomic mass is 79.9. The van der Waals surface area contributed by atoms with Gasteiger partial charge in [-0.3, -0.25) is 4.79 Å². The van der Waals surface area contributed by atoms with Gasteiger partial charge in [0.2, 0.25) is 0 Å². The van der Waals surface area contributed by atoms with Gasteiger partial charge in [0.25, 0.3) is 5.91 Å². The van der Waals surface area contributed by atoms with Crippen LogP contribution in [-0.4, -0.2) is 33.2 Å². The molecule has 1 atom stereocenters. The highest BCUT2D eigenvalue weighted by Gasteiger charge is 2.18. The van der Waals surface area contributed by atoms with Crippen LogP contribution in [0.1, 0.15) is 11.6 Å². The Balaban J connectivity index is 1.87. The maximum atomic E-state index is 12.1. The Bertz CT molecular complexity index is 680. The fraction of sp³-hybridized carbons (Fsp3) is 0.278. The highest BCUT2D eigenvalue weighted by molar-refractivity contribution is 9.10. The van der Waals surface area contributed by atoms with E-state index in [2.05, 4.69) is 47.5 Å². The van der Waals surface area contributed by atoms with Gasteiger partial charge in [0, 0.05) is 10.0 Å². The summed E-state index contributed by atoms with van der Waals surface area (Å²) >= 11 is 9.40. The molecule has 0 aliphatic rings. The molecule has 0 spiro atoms. The number of rotatable bonds is 7. The molecular formula is C18H21BrClN2O2+. The average molecular weight is 413 g/mol. The lowest BCUT2D eigenvalue weighted by Gasteiger charge is -2.22. The monoisotopic (exact) mass is 411 g/mol. The van der Waals surface area contributed by atoms with Crippen LogP contribution >= 0.6 is 27.5 Å². The van der Waals surface area contributed by atoms with Gasteiger partial charge >= 0.3 is 0 Å². The van der Waals surface area contributed by atoms with Crippen molar-refractivity contribution in [3.8, 4) is 5.75 Å². The lowest BCUT2D eigenvalue weighted by molar-refractivity contribution is -0.890. The molecule has 0 saturated carbocycles. The second-order valence-electron chi connectivity index (χ2n) is 5.71. The number of carbonyl (C=O) groups excluding carboxylic acids is 1. The average Bonchev–Trinajstić information content (AvgIpc) is 2.55. The summed E-state index contributed by atoms with van der Waals surface area (Å²) in [7, 11) is 4.14. The number of amides is 1. The van der Waals surface area contributed by atoms with Crippen molar-refractivity contribution in [2.45, 2.75) is 6.04 Å². The van der Waals surface area contributed by atoms with Crippen LogP contribution in [0.2, 0.25) is 5.02 Å². The van der Waals surface area contributed by atoms with Crippen LogP contribution in [0.5, 0.6) is 5.75 Å². The molecule has 4 nitrogen and oxygen atoms in total. The second kappa shape index (κ2) is 9.06. The summed E-state index contributed by atoms with van der Waals surface area (Å²) < 4.78 is 6.35. The van der Waals surface area contributed by atoms with Crippen molar-refractivity contribution in [2.24, 2.45) is 0 Å². The van der Waals surface area contributed by atoms with Gasteiger partial charge in [0.1, 0.15) is 11.8 Å².